The Bertz CT molecular complexity index is 1260. The summed E-state index contributed by atoms with van der Waals surface area (Å²) in [6, 6.07) is 12.8. The molecule has 1 N–H and O–H groups in total. The molecule has 2 heterocycles. The average Bonchev–Trinajstić information content (AvgIpc) is 2.90. The van der Waals surface area contributed by atoms with Crippen LogP contribution in [0.4, 0.5) is 9.18 Å². The summed E-state index contributed by atoms with van der Waals surface area (Å²) in [6.45, 7) is 5.65. The molecule has 1 fully saturated rings. The topological polar surface area (TPSA) is 99.3 Å². The van der Waals surface area contributed by atoms with E-state index in [0.717, 1.165) is 0 Å². The fourth-order valence-corrected chi connectivity index (χ4v) is 6.09. The number of likely N-dealkylation sites (N-methyl/N-ethyl adjacent to an activating group) is 1. The predicted octanol–water partition coefficient (Wildman–Crippen LogP) is 2.74. The number of urea groups is 1. The van der Waals surface area contributed by atoms with E-state index in [9.17, 15) is 22.4 Å². The first-order valence-corrected chi connectivity index (χ1v) is 13.7. The number of rotatable bonds is 8. The van der Waals surface area contributed by atoms with Crippen molar-refractivity contribution in [3.8, 4) is 0 Å². The third-order valence-corrected chi connectivity index (χ3v) is 8.45. The first-order chi connectivity index (χ1) is 17.8. The molecule has 1 atom stereocenters. The number of hydrogen-bond acceptors (Lipinski definition) is 6. The molecule has 2 aliphatic heterocycles. The minimum atomic E-state index is -3.61. The van der Waals surface area contributed by atoms with Crippen LogP contribution in [0.2, 0.25) is 0 Å². The Morgan fingerprint density at radius 2 is 1.68 bits per heavy atom. The first kappa shape index (κ1) is 26.8. The molecule has 0 aliphatic carbocycles. The molecule has 2 aromatic carbocycles. The molecule has 198 valence electrons. The molecule has 2 aromatic rings. The zero-order valence-electron chi connectivity index (χ0n) is 20.9. The van der Waals surface area contributed by atoms with Crippen molar-refractivity contribution < 1.29 is 27.1 Å². The molecular weight excluding hydrogens is 499 g/mol. The molecule has 11 heteroatoms. The van der Waals surface area contributed by atoms with E-state index in [1.165, 1.54) is 33.5 Å². The molecule has 4 rings (SSSR count). The van der Waals surface area contributed by atoms with Crippen molar-refractivity contribution in [3.05, 3.63) is 77.2 Å². The number of halogens is 1. The van der Waals surface area contributed by atoms with E-state index in [1.54, 1.807) is 37.3 Å². The van der Waals surface area contributed by atoms with Gasteiger partial charge in [0.05, 0.1) is 23.1 Å². The van der Waals surface area contributed by atoms with Crippen LogP contribution >= 0.6 is 0 Å². The van der Waals surface area contributed by atoms with Gasteiger partial charge < -0.3 is 10.1 Å². The van der Waals surface area contributed by atoms with Crippen molar-refractivity contribution in [2.75, 3.05) is 45.9 Å². The molecular formula is C26H31FN4O5S. The summed E-state index contributed by atoms with van der Waals surface area (Å²) in [4.78, 5) is 30.0. The van der Waals surface area contributed by atoms with E-state index in [2.05, 4.69) is 5.32 Å². The highest BCUT2D eigenvalue weighted by Gasteiger charge is 2.39. The molecule has 0 radical (unpaired) electrons. The van der Waals surface area contributed by atoms with E-state index in [-0.39, 0.29) is 42.7 Å². The van der Waals surface area contributed by atoms with Crippen LogP contribution < -0.4 is 5.32 Å². The number of benzene rings is 2. The zero-order chi connectivity index (χ0) is 26.6. The molecule has 2 aliphatic rings. The number of nitrogens with one attached hydrogen (secondary N) is 1. The van der Waals surface area contributed by atoms with E-state index in [0.29, 0.717) is 30.9 Å². The van der Waals surface area contributed by atoms with Crippen molar-refractivity contribution >= 4 is 22.0 Å². The fraction of sp³-hybridized carbons (Fsp3) is 0.385. The van der Waals surface area contributed by atoms with Gasteiger partial charge in [0.25, 0.3) is 0 Å². The lowest BCUT2D eigenvalue weighted by Crippen LogP contribution is -2.53. The molecule has 1 unspecified atom stereocenters. The van der Waals surface area contributed by atoms with Gasteiger partial charge in [0.2, 0.25) is 10.0 Å². The number of ether oxygens (including phenoxy) is 1. The molecule has 37 heavy (non-hydrogen) atoms. The summed E-state index contributed by atoms with van der Waals surface area (Å²) >= 11 is 0. The predicted molar refractivity (Wildman–Crippen MR) is 135 cm³/mol. The van der Waals surface area contributed by atoms with Gasteiger partial charge in [-0.25, -0.2) is 22.4 Å². The molecule has 0 bridgehead atoms. The maximum atomic E-state index is 13.6. The van der Waals surface area contributed by atoms with E-state index < -0.39 is 27.9 Å². The molecule has 0 spiro atoms. The van der Waals surface area contributed by atoms with Crippen LogP contribution in [0.5, 0.6) is 0 Å². The van der Waals surface area contributed by atoms with Gasteiger partial charge >= 0.3 is 12.0 Å². The second-order valence-electron chi connectivity index (χ2n) is 8.75. The van der Waals surface area contributed by atoms with Crippen molar-refractivity contribution in [1.82, 2.24) is 19.4 Å². The first-order valence-electron chi connectivity index (χ1n) is 12.3. The quantitative estimate of drug-likeness (QED) is 0.527. The third kappa shape index (κ3) is 5.68. The highest BCUT2D eigenvalue weighted by Crippen LogP contribution is 2.32. The van der Waals surface area contributed by atoms with Gasteiger partial charge in [0, 0.05) is 45.0 Å². The molecule has 0 saturated carbocycles. The van der Waals surface area contributed by atoms with E-state index in [4.69, 9.17) is 4.74 Å². The van der Waals surface area contributed by atoms with Gasteiger partial charge in [-0.15, -0.1) is 0 Å². The number of piperazine rings is 1. The Kier molecular flexibility index (Phi) is 8.25. The van der Waals surface area contributed by atoms with Crippen LogP contribution in [-0.2, 0) is 19.6 Å². The third-order valence-electron chi connectivity index (χ3n) is 6.54. The largest absolute Gasteiger partial charge is 0.463 e. The van der Waals surface area contributed by atoms with Crippen LogP contribution in [0.25, 0.3) is 0 Å². The monoisotopic (exact) mass is 530 g/mol. The van der Waals surface area contributed by atoms with Gasteiger partial charge in [-0.3, -0.25) is 9.80 Å². The lowest BCUT2D eigenvalue weighted by Gasteiger charge is -2.40. The van der Waals surface area contributed by atoms with Gasteiger partial charge in [0.1, 0.15) is 5.82 Å². The minimum absolute atomic E-state index is 0.155. The van der Waals surface area contributed by atoms with Crippen LogP contribution in [0.3, 0.4) is 0 Å². The molecule has 1 saturated heterocycles. The number of sulfonamides is 1. The lowest BCUT2D eigenvalue weighted by atomic mass is 9.94. The Labute approximate surface area is 216 Å². The standard InChI is InChI=1S/C26H31FN4O5S/c1-3-31-22(18-29-14-16-30(17-15-29)37(34,35)21-8-6-5-7-9-21)23(25(32)36-4-2)24(28-26(31)33)19-10-12-20(27)13-11-19/h5-13,24H,3-4,14-18H2,1-2H3,(H,28,33). The van der Waals surface area contributed by atoms with Crippen molar-refractivity contribution in [1.29, 1.82) is 0 Å². The summed E-state index contributed by atoms with van der Waals surface area (Å²) < 4.78 is 46.4. The number of hydrogen-bond donors (Lipinski definition) is 1. The van der Waals surface area contributed by atoms with Crippen LogP contribution in [-0.4, -0.2) is 80.4 Å². The number of carbonyl (C=O) groups is 2. The summed E-state index contributed by atoms with van der Waals surface area (Å²) in [6.07, 6.45) is 0. The zero-order valence-corrected chi connectivity index (χ0v) is 21.7. The van der Waals surface area contributed by atoms with Crippen molar-refractivity contribution in [2.45, 2.75) is 24.8 Å². The van der Waals surface area contributed by atoms with Gasteiger partial charge in [-0.1, -0.05) is 30.3 Å². The Morgan fingerprint density at radius 3 is 2.27 bits per heavy atom. The van der Waals surface area contributed by atoms with Crippen molar-refractivity contribution in [3.63, 3.8) is 0 Å². The molecule has 0 aromatic heterocycles. The van der Waals surface area contributed by atoms with Crippen molar-refractivity contribution in [2.24, 2.45) is 0 Å². The maximum absolute atomic E-state index is 13.6. The fourth-order valence-electron chi connectivity index (χ4n) is 4.64. The minimum Gasteiger partial charge on any atom is -0.463 e. The normalized spacial score (nSPS) is 19.6. The Hall–Kier alpha value is -3.28. The highest BCUT2D eigenvalue weighted by molar-refractivity contribution is 7.89. The number of nitrogens with zero attached hydrogens (tertiary/aromatic N) is 3. The summed E-state index contributed by atoms with van der Waals surface area (Å²) in [5.74, 6) is -0.984. The molecule has 2 amide bonds. The SMILES string of the molecule is CCOC(=O)C1=C(CN2CCN(S(=O)(=O)c3ccccc3)CC2)N(CC)C(=O)NC1c1ccc(F)cc1. The average molecular weight is 531 g/mol. The second-order valence-corrected chi connectivity index (χ2v) is 10.7. The summed E-state index contributed by atoms with van der Waals surface area (Å²) in [5.41, 5.74) is 1.34. The lowest BCUT2D eigenvalue weighted by molar-refractivity contribution is -0.139. The van der Waals surface area contributed by atoms with Gasteiger partial charge in [0.15, 0.2) is 0 Å². The second kappa shape index (κ2) is 11.4. The van der Waals surface area contributed by atoms with Crippen LogP contribution in [0, 0.1) is 5.82 Å². The van der Waals surface area contributed by atoms with Crippen LogP contribution in [0.1, 0.15) is 25.5 Å². The summed E-state index contributed by atoms with van der Waals surface area (Å²) in [7, 11) is -3.61. The van der Waals surface area contributed by atoms with E-state index in [1.807, 2.05) is 11.8 Å². The molecule has 9 nitrogen and oxygen atoms in total. The number of esters is 1. The number of amides is 2. The summed E-state index contributed by atoms with van der Waals surface area (Å²) in [5, 5.41) is 2.85. The van der Waals surface area contributed by atoms with E-state index >= 15 is 0 Å². The highest BCUT2D eigenvalue weighted by atomic mass is 32.2. The smallest absolute Gasteiger partial charge is 0.338 e. The van der Waals surface area contributed by atoms with Crippen LogP contribution in [0.15, 0.2) is 70.8 Å². The number of carbonyl (C=O) groups excluding carboxylic acids is 2. The van der Waals surface area contributed by atoms with Gasteiger partial charge in [-0.2, -0.15) is 4.31 Å². The Balaban J connectivity index is 1.62. The maximum Gasteiger partial charge on any atom is 0.338 e. The van der Waals surface area contributed by atoms with Gasteiger partial charge in [-0.05, 0) is 43.7 Å². The Morgan fingerprint density at radius 1 is 1.03 bits per heavy atom.